The van der Waals surface area contributed by atoms with Gasteiger partial charge in [-0.3, -0.25) is 14.4 Å². The second-order valence-electron chi connectivity index (χ2n) is 8.44. The van der Waals surface area contributed by atoms with Crippen LogP contribution in [0.2, 0.25) is 0 Å². The van der Waals surface area contributed by atoms with Crippen molar-refractivity contribution in [2.45, 2.75) is 66.1 Å². The Balaban J connectivity index is 1.51. The van der Waals surface area contributed by atoms with Crippen molar-refractivity contribution in [1.29, 1.82) is 0 Å². The van der Waals surface area contributed by atoms with Gasteiger partial charge in [0.25, 0.3) is 5.91 Å². The van der Waals surface area contributed by atoms with Crippen LogP contribution in [0.25, 0.3) is 0 Å². The fourth-order valence-corrected chi connectivity index (χ4v) is 4.73. The van der Waals surface area contributed by atoms with Crippen LogP contribution in [0.4, 0.5) is 0 Å². The molecule has 0 radical (unpaired) electrons. The molecule has 3 aliphatic heterocycles. The van der Waals surface area contributed by atoms with Crippen LogP contribution in [-0.2, 0) is 13.1 Å². The number of carbonyl (C=O) groups is 1. The first-order valence-corrected chi connectivity index (χ1v) is 10.4. The van der Waals surface area contributed by atoms with E-state index >= 15 is 0 Å². The first-order valence-electron chi connectivity index (χ1n) is 10.4. The maximum absolute atomic E-state index is 13.3. The SMILES string of the molecule is CCCn1cc(C(=O)N2C[C@H]3CC[C@@H]2CN(Cc2c(C)noc2C)C3)c(C)n1. The summed E-state index contributed by atoms with van der Waals surface area (Å²) in [5.74, 6) is 1.57. The Bertz CT molecular complexity index is 836. The maximum Gasteiger partial charge on any atom is 0.257 e. The lowest BCUT2D eigenvalue weighted by atomic mass is 9.94. The predicted molar refractivity (Wildman–Crippen MR) is 106 cm³/mol. The summed E-state index contributed by atoms with van der Waals surface area (Å²) in [6.45, 7) is 12.5. The molecule has 3 aliphatic rings. The Kier molecular flexibility index (Phi) is 5.27. The molecule has 0 N–H and O–H groups in total. The lowest BCUT2D eigenvalue weighted by Gasteiger charge is -2.36. The van der Waals surface area contributed by atoms with Crippen molar-refractivity contribution in [2.75, 3.05) is 19.6 Å². The molecule has 0 aromatic carbocycles. The Morgan fingerprint density at radius 3 is 2.71 bits per heavy atom. The number of carbonyl (C=O) groups excluding carboxylic acids is 1. The summed E-state index contributed by atoms with van der Waals surface area (Å²) in [5.41, 5.74) is 3.77. The molecule has 2 aromatic heterocycles. The molecule has 0 aliphatic carbocycles. The summed E-state index contributed by atoms with van der Waals surface area (Å²) in [4.78, 5) is 17.9. The lowest BCUT2D eigenvalue weighted by Crippen LogP contribution is -2.47. The van der Waals surface area contributed by atoms with E-state index in [9.17, 15) is 4.79 Å². The molecular formula is C21H31N5O2. The van der Waals surface area contributed by atoms with Crippen molar-refractivity contribution >= 4 is 5.91 Å². The normalized spacial score (nSPS) is 22.6. The Hall–Kier alpha value is -2.15. The van der Waals surface area contributed by atoms with Crippen molar-refractivity contribution in [3.05, 3.63) is 34.5 Å². The fourth-order valence-electron chi connectivity index (χ4n) is 4.73. The van der Waals surface area contributed by atoms with Crippen LogP contribution >= 0.6 is 0 Å². The van der Waals surface area contributed by atoms with Gasteiger partial charge < -0.3 is 9.42 Å². The Labute approximate surface area is 166 Å². The first kappa shape index (κ1) is 19.2. The average molecular weight is 386 g/mol. The predicted octanol–water partition coefficient (Wildman–Crippen LogP) is 2.94. The molecule has 2 aromatic rings. The molecule has 0 unspecified atom stereocenters. The molecule has 28 heavy (non-hydrogen) atoms. The molecule has 7 nitrogen and oxygen atoms in total. The van der Waals surface area contributed by atoms with E-state index < -0.39 is 0 Å². The number of fused-ring (bicyclic) bond motifs is 4. The number of aromatic nitrogens is 3. The van der Waals surface area contributed by atoms with Crippen LogP contribution in [0.1, 0.15) is 59.3 Å². The number of aryl methyl sites for hydroxylation is 4. The van der Waals surface area contributed by atoms with Crippen LogP contribution in [0.3, 0.4) is 0 Å². The first-order chi connectivity index (χ1) is 13.5. The van der Waals surface area contributed by atoms with Crippen molar-refractivity contribution < 1.29 is 9.32 Å². The minimum Gasteiger partial charge on any atom is -0.361 e. The summed E-state index contributed by atoms with van der Waals surface area (Å²) in [5, 5.41) is 8.62. The van der Waals surface area contributed by atoms with Gasteiger partial charge >= 0.3 is 0 Å². The molecule has 2 bridgehead atoms. The highest BCUT2D eigenvalue weighted by molar-refractivity contribution is 5.95. The summed E-state index contributed by atoms with van der Waals surface area (Å²) in [6, 6.07) is 0.264. The topological polar surface area (TPSA) is 67.4 Å². The van der Waals surface area contributed by atoms with Gasteiger partial charge in [-0.2, -0.15) is 5.10 Å². The van der Waals surface area contributed by atoms with Crippen molar-refractivity contribution in [1.82, 2.24) is 24.7 Å². The van der Waals surface area contributed by atoms with Crippen LogP contribution in [0.15, 0.2) is 10.7 Å². The highest BCUT2D eigenvalue weighted by Gasteiger charge is 2.38. The quantitative estimate of drug-likeness (QED) is 0.792. The van der Waals surface area contributed by atoms with E-state index in [1.54, 1.807) is 0 Å². The summed E-state index contributed by atoms with van der Waals surface area (Å²) >= 11 is 0. The van der Waals surface area contributed by atoms with Crippen LogP contribution in [0, 0.1) is 26.7 Å². The third-order valence-electron chi connectivity index (χ3n) is 6.24. The van der Waals surface area contributed by atoms with E-state index in [1.165, 1.54) is 12.0 Å². The van der Waals surface area contributed by atoms with Gasteiger partial charge in [-0.05, 0) is 46.0 Å². The van der Waals surface area contributed by atoms with Crippen molar-refractivity contribution in [3.63, 3.8) is 0 Å². The number of amides is 1. The fraction of sp³-hybridized carbons (Fsp3) is 0.667. The van der Waals surface area contributed by atoms with E-state index in [4.69, 9.17) is 4.52 Å². The van der Waals surface area contributed by atoms with Crippen molar-refractivity contribution in [3.8, 4) is 0 Å². The summed E-state index contributed by atoms with van der Waals surface area (Å²) in [6.07, 6.45) is 5.22. The zero-order valence-corrected chi connectivity index (χ0v) is 17.4. The van der Waals surface area contributed by atoms with E-state index in [-0.39, 0.29) is 11.9 Å². The Morgan fingerprint density at radius 1 is 1.18 bits per heavy atom. The third kappa shape index (κ3) is 3.60. The van der Waals surface area contributed by atoms with Gasteiger partial charge in [-0.1, -0.05) is 12.1 Å². The average Bonchev–Trinajstić information content (AvgIpc) is 3.04. The maximum atomic E-state index is 13.3. The van der Waals surface area contributed by atoms with E-state index in [1.807, 2.05) is 31.6 Å². The van der Waals surface area contributed by atoms with Gasteiger partial charge in [0.15, 0.2) is 0 Å². The zero-order valence-electron chi connectivity index (χ0n) is 17.4. The Morgan fingerprint density at radius 2 is 2.00 bits per heavy atom. The van der Waals surface area contributed by atoms with Crippen LogP contribution in [0.5, 0.6) is 0 Å². The molecule has 0 saturated carbocycles. The molecule has 2 atom stereocenters. The second kappa shape index (κ2) is 7.70. The molecule has 7 heteroatoms. The van der Waals surface area contributed by atoms with E-state index in [0.717, 1.165) is 68.3 Å². The van der Waals surface area contributed by atoms with Gasteiger partial charge in [0.2, 0.25) is 0 Å². The highest BCUT2D eigenvalue weighted by Crippen LogP contribution is 2.31. The molecule has 1 amide bonds. The van der Waals surface area contributed by atoms with Crippen LogP contribution in [-0.4, -0.2) is 56.3 Å². The summed E-state index contributed by atoms with van der Waals surface area (Å²) < 4.78 is 7.24. The molecule has 0 spiro atoms. The standard InChI is InChI=1S/C21H31N5O2/c1-5-8-25-13-20(14(2)22-25)21(27)26-10-17-6-7-18(26)11-24(9-17)12-19-15(3)23-28-16(19)4/h13,17-18H,5-12H2,1-4H3/t17-,18+/m0/s1. The highest BCUT2D eigenvalue weighted by atomic mass is 16.5. The number of piperidine rings is 1. The third-order valence-corrected chi connectivity index (χ3v) is 6.24. The van der Waals surface area contributed by atoms with E-state index in [2.05, 4.69) is 27.0 Å². The van der Waals surface area contributed by atoms with Gasteiger partial charge in [-0.15, -0.1) is 0 Å². The van der Waals surface area contributed by atoms with Crippen LogP contribution < -0.4 is 0 Å². The molecule has 3 fully saturated rings. The number of rotatable bonds is 5. The number of hydrogen-bond donors (Lipinski definition) is 0. The molecule has 152 valence electrons. The molecule has 5 heterocycles. The smallest absolute Gasteiger partial charge is 0.257 e. The van der Waals surface area contributed by atoms with Gasteiger partial charge in [0.05, 0.1) is 17.0 Å². The van der Waals surface area contributed by atoms with E-state index in [0.29, 0.717) is 5.92 Å². The molecular weight excluding hydrogens is 354 g/mol. The number of hydrogen-bond acceptors (Lipinski definition) is 5. The zero-order chi connectivity index (χ0) is 19.8. The van der Waals surface area contributed by atoms with Gasteiger partial charge in [-0.25, -0.2) is 0 Å². The number of nitrogens with zero attached hydrogens (tertiary/aromatic N) is 5. The minimum atomic E-state index is 0.147. The largest absolute Gasteiger partial charge is 0.361 e. The minimum absolute atomic E-state index is 0.147. The van der Waals surface area contributed by atoms with Crippen molar-refractivity contribution in [2.24, 2.45) is 5.92 Å². The molecule has 5 rings (SSSR count). The molecule has 3 saturated heterocycles. The van der Waals surface area contributed by atoms with Gasteiger partial charge in [0, 0.05) is 50.5 Å². The second-order valence-corrected chi connectivity index (χ2v) is 8.44. The monoisotopic (exact) mass is 385 g/mol. The van der Waals surface area contributed by atoms with Gasteiger partial charge in [0.1, 0.15) is 5.76 Å². The summed E-state index contributed by atoms with van der Waals surface area (Å²) in [7, 11) is 0. The lowest BCUT2D eigenvalue weighted by molar-refractivity contribution is 0.0584.